The first-order chi connectivity index (χ1) is 12.0. The number of rotatable bonds is 2. The quantitative estimate of drug-likeness (QED) is 0.782. The van der Waals surface area contributed by atoms with E-state index in [1.165, 1.54) is 11.1 Å². The summed E-state index contributed by atoms with van der Waals surface area (Å²) in [5.41, 5.74) is 6.61. The smallest absolute Gasteiger partial charge is 0.269 e. The van der Waals surface area contributed by atoms with Crippen LogP contribution >= 0.6 is 0 Å². The second kappa shape index (κ2) is 5.81. The fraction of sp³-hybridized carbons (Fsp3) is 0.263. The molecule has 1 aliphatic rings. The van der Waals surface area contributed by atoms with Gasteiger partial charge >= 0.3 is 0 Å². The number of benzene rings is 1. The van der Waals surface area contributed by atoms with Gasteiger partial charge in [0.05, 0.1) is 12.2 Å². The molecule has 3 heterocycles. The zero-order valence-corrected chi connectivity index (χ0v) is 14.5. The van der Waals surface area contributed by atoms with Crippen LogP contribution in [-0.4, -0.2) is 32.2 Å². The number of carbonyl (C=O) groups is 1. The highest BCUT2D eigenvalue weighted by molar-refractivity contribution is 5.94. The van der Waals surface area contributed by atoms with Crippen LogP contribution in [0.2, 0.25) is 0 Å². The van der Waals surface area contributed by atoms with Crippen LogP contribution in [0.4, 0.5) is 0 Å². The molecule has 0 unspecified atom stereocenters. The average molecular weight is 333 g/mol. The van der Waals surface area contributed by atoms with Gasteiger partial charge in [0.2, 0.25) is 0 Å². The molecular formula is C19H19N5O. The predicted molar refractivity (Wildman–Crippen MR) is 95.2 cm³/mol. The van der Waals surface area contributed by atoms with Gasteiger partial charge in [0.1, 0.15) is 11.4 Å². The molecule has 0 saturated heterocycles. The molecule has 126 valence electrons. The van der Waals surface area contributed by atoms with E-state index in [1.54, 1.807) is 16.9 Å². The summed E-state index contributed by atoms with van der Waals surface area (Å²) in [6.07, 6.45) is 1.74. The van der Waals surface area contributed by atoms with Gasteiger partial charge in [-0.1, -0.05) is 6.07 Å². The SMILES string of the molecule is Cc1cc(C)c(-c2nccc(-c3cc4n(n3)CCNC4=O)n2)cc1C. The highest BCUT2D eigenvalue weighted by atomic mass is 16.2. The molecule has 0 fully saturated rings. The van der Waals surface area contributed by atoms with Gasteiger partial charge in [-0.2, -0.15) is 5.10 Å². The minimum Gasteiger partial charge on any atom is -0.349 e. The molecule has 0 bridgehead atoms. The van der Waals surface area contributed by atoms with Crippen molar-refractivity contribution in [2.75, 3.05) is 6.54 Å². The molecule has 3 aromatic rings. The lowest BCUT2D eigenvalue weighted by molar-refractivity contribution is 0.0924. The number of carbonyl (C=O) groups excluding carboxylic acids is 1. The maximum atomic E-state index is 11.9. The summed E-state index contributed by atoms with van der Waals surface area (Å²) >= 11 is 0. The third-order valence-electron chi connectivity index (χ3n) is 4.62. The van der Waals surface area contributed by atoms with Crippen molar-refractivity contribution in [2.24, 2.45) is 0 Å². The Morgan fingerprint density at radius 2 is 1.84 bits per heavy atom. The highest BCUT2D eigenvalue weighted by Gasteiger charge is 2.20. The van der Waals surface area contributed by atoms with Gasteiger partial charge in [-0.3, -0.25) is 9.48 Å². The summed E-state index contributed by atoms with van der Waals surface area (Å²) in [7, 11) is 0. The number of fused-ring (bicyclic) bond motifs is 1. The van der Waals surface area contributed by atoms with Crippen molar-refractivity contribution < 1.29 is 4.79 Å². The van der Waals surface area contributed by atoms with Crippen LogP contribution in [0.1, 0.15) is 27.2 Å². The van der Waals surface area contributed by atoms with Crippen molar-refractivity contribution in [3.63, 3.8) is 0 Å². The van der Waals surface area contributed by atoms with Gasteiger partial charge < -0.3 is 5.32 Å². The number of hydrogen-bond acceptors (Lipinski definition) is 4. The Morgan fingerprint density at radius 3 is 2.64 bits per heavy atom. The van der Waals surface area contributed by atoms with Gasteiger partial charge in [0.25, 0.3) is 5.91 Å². The van der Waals surface area contributed by atoms with Crippen molar-refractivity contribution in [3.8, 4) is 22.8 Å². The lowest BCUT2D eigenvalue weighted by atomic mass is 10.0. The molecule has 0 aliphatic carbocycles. The third-order valence-corrected chi connectivity index (χ3v) is 4.62. The lowest BCUT2D eigenvalue weighted by Gasteiger charge is -2.13. The first-order valence-corrected chi connectivity index (χ1v) is 8.30. The minimum absolute atomic E-state index is 0.0933. The van der Waals surface area contributed by atoms with E-state index in [2.05, 4.69) is 48.3 Å². The number of amides is 1. The summed E-state index contributed by atoms with van der Waals surface area (Å²) in [6, 6.07) is 7.88. The van der Waals surface area contributed by atoms with Crippen LogP contribution < -0.4 is 5.32 Å². The first kappa shape index (κ1) is 15.5. The molecular weight excluding hydrogens is 314 g/mol. The molecule has 1 N–H and O–H groups in total. The fourth-order valence-corrected chi connectivity index (χ4v) is 3.09. The standard InChI is InChI=1S/C19H19N5O/c1-11-8-13(3)14(9-12(11)2)18-20-5-4-15(22-18)16-10-17-19(25)21-6-7-24(17)23-16/h4-5,8-10H,6-7H2,1-3H3,(H,21,25). The molecule has 0 radical (unpaired) electrons. The van der Waals surface area contributed by atoms with Crippen LogP contribution in [0.25, 0.3) is 22.8 Å². The molecule has 1 aliphatic heterocycles. The summed E-state index contributed by atoms with van der Waals surface area (Å²) in [5.74, 6) is 0.581. The summed E-state index contributed by atoms with van der Waals surface area (Å²) in [6.45, 7) is 7.53. The van der Waals surface area contributed by atoms with E-state index < -0.39 is 0 Å². The molecule has 4 rings (SSSR count). The molecule has 0 saturated carbocycles. The molecule has 1 amide bonds. The van der Waals surface area contributed by atoms with Gasteiger partial charge in [-0.15, -0.1) is 0 Å². The first-order valence-electron chi connectivity index (χ1n) is 8.30. The molecule has 1 aromatic carbocycles. The van der Waals surface area contributed by atoms with Gasteiger partial charge in [0.15, 0.2) is 5.82 Å². The molecule has 2 aromatic heterocycles. The second-order valence-corrected chi connectivity index (χ2v) is 6.41. The monoisotopic (exact) mass is 333 g/mol. The molecule has 6 heteroatoms. The fourth-order valence-electron chi connectivity index (χ4n) is 3.09. The minimum atomic E-state index is -0.0933. The van der Waals surface area contributed by atoms with Crippen molar-refractivity contribution in [1.82, 2.24) is 25.1 Å². The van der Waals surface area contributed by atoms with E-state index in [0.29, 0.717) is 30.3 Å². The summed E-state index contributed by atoms with van der Waals surface area (Å²) in [5, 5.41) is 7.35. The normalized spacial score (nSPS) is 13.5. The number of nitrogens with one attached hydrogen (secondary N) is 1. The van der Waals surface area contributed by atoms with E-state index in [1.807, 2.05) is 6.07 Å². The maximum absolute atomic E-state index is 11.9. The molecule has 6 nitrogen and oxygen atoms in total. The maximum Gasteiger partial charge on any atom is 0.269 e. The Kier molecular flexibility index (Phi) is 3.60. The zero-order chi connectivity index (χ0) is 17.6. The third kappa shape index (κ3) is 2.69. The lowest BCUT2D eigenvalue weighted by Crippen LogP contribution is -2.35. The number of aryl methyl sites for hydroxylation is 3. The van der Waals surface area contributed by atoms with E-state index >= 15 is 0 Å². The van der Waals surface area contributed by atoms with Crippen LogP contribution in [-0.2, 0) is 6.54 Å². The summed E-state index contributed by atoms with van der Waals surface area (Å²) < 4.78 is 1.73. The van der Waals surface area contributed by atoms with Gasteiger partial charge in [-0.25, -0.2) is 9.97 Å². The van der Waals surface area contributed by atoms with Crippen molar-refractivity contribution in [3.05, 3.63) is 52.8 Å². The summed E-state index contributed by atoms with van der Waals surface area (Å²) in [4.78, 5) is 21.1. The largest absolute Gasteiger partial charge is 0.349 e. The van der Waals surface area contributed by atoms with E-state index in [0.717, 1.165) is 16.8 Å². The second-order valence-electron chi connectivity index (χ2n) is 6.41. The van der Waals surface area contributed by atoms with Crippen molar-refractivity contribution in [2.45, 2.75) is 27.3 Å². The Bertz CT molecular complexity index is 989. The molecule has 0 atom stereocenters. The van der Waals surface area contributed by atoms with E-state index in [4.69, 9.17) is 4.98 Å². The Labute approximate surface area is 145 Å². The Balaban J connectivity index is 1.78. The van der Waals surface area contributed by atoms with Crippen LogP contribution in [0.3, 0.4) is 0 Å². The highest BCUT2D eigenvalue weighted by Crippen LogP contribution is 2.26. The number of nitrogens with zero attached hydrogens (tertiary/aromatic N) is 4. The Hall–Kier alpha value is -3.02. The number of hydrogen-bond donors (Lipinski definition) is 1. The zero-order valence-electron chi connectivity index (χ0n) is 14.5. The van der Waals surface area contributed by atoms with E-state index in [9.17, 15) is 4.79 Å². The van der Waals surface area contributed by atoms with Crippen molar-refractivity contribution >= 4 is 5.91 Å². The van der Waals surface area contributed by atoms with Crippen molar-refractivity contribution in [1.29, 1.82) is 0 Å². The van der Waals surface area contributed by atoms with Gasteiger partial charge in [-0.05, 0) is 55.7 Å². The van der Waals surface area contributed by atoms with Gasteiger partial charge in [0, 0.05) is 18.3 Å². The molecule has 25 heavy (non-hydrogen) atoms. The van der Waals surface area contributed by atoms with Crippen LogP contribution in [0, 0.1) is 20.8 Å². The van der Waals surface area contributed by atoms with E-state index in [-0.39, 0.29) is 5.91 Å². The Morgan fingerprint density at radius 1 is 1.04 bits per heavy atom. The topological polar surface area (TPSA) is 72.7 Å². The van der Waals surface area contributed by atoms with Crippen LogP contribution in [0.5, 0.6) is 0 Å². The average Bonchev–Trinajstić information content (AvgIpc) is 3.04. The predicted octanol–water partition coefficient (Wildman–Crippen LogP) is 2.68. The molecule has 0 spiro atoms. The van der Waals surface area contributed by atoms with Crippen LogP contribution in [0.15, 0.2) is 30.5 Å². The number of aromatic nitrogens is 4.